The summed E-state index contributed by atoms with van der Waals surface area (Å²) < 4.78 is 17.7. The van der Waals surface area contributed by atoms with E-state index in [-0.39, 0.29) is 5.54 Å². The van der Waals surface area contributed by atoms with E-state index in [9.17, 15) is 0 Å². The highest BCUT2D eigenvalue weighted by atomic mass is 28.4. The largest absolute Gasteiger partial charge is 0.501 e. The van der Waals surface area contributed by atoms with Crippen LogP contribution in [-0.2, 0) is 13.3 Å². The lowest BCUT2D eigenvalue weighted by Crippen LogP contribution is -2.53. The van der Waals surface area contributed by atoms with Gasteiger partial charge in [0.15, 0.2) is 0 Å². The molecule has 0 amide bonds. The predicted octanol–water partition coefficient (Wildman–Crippen LogP) is 3.69. The summed E-state index contributed by atoms with van der Waals surface area (Å²) in [4.78, 5) is 2.67. The lowest BCUT2D eigenvalue weighted by atomic mass is 9.91. The molecule has 0 bridgehead atoms. The minimum absolute atomic E-state index is 0.177. The van der Waals surface area contributed by atoms with Gasteiger partial charge in [-0.05, 0) is 33.6 Å². The molecule has 0 aromatic carbocycles. The van der Waals surface area contributed by atoms with Crippen molar-refractivity contribution in [3.8, 4) is 0 Å². The van der Waals surface area contributed by atoms with Crippen LogP contribution in [0.15, 0.2) is 0 Å². The summed E-state index contributed by atoms with van der Waals surface area (Å²) in [5.74, 6) is 0. The summed E-state index contributed by atoms with van der Waals surface area (Å²) in [5.41, 5.74) is 0.177. The molecule has 6 heteroatoms. The molecule has 138 valence electrons. The van der Waals surface area contributed by atoms with E-state index in [2.05, 4.69) is 38.8 Å². The van der Waals surface area contributed by atoms with Crippen LogP contribution in [0.1, 0.15) is 52.9 Å². The Labute approximate surface area is 146 Å². The Bertz CT molecular complexity index is 324. The summed E-state index contributed by atoms with van der Waals surface area (Å²) in [5, 5.41) is 0. The zero-order valence-electron chi connectivity index (χ0n) is 16.5. The summed E-state index contributed by atoms with van der Waals surface area (Å²) in [7, 11) is 0.211. The van der Waals surface area contributed by atoms with Crippen LogP contribution in [0.3, 0.4) is 0 Å². The lowest BCUT2D eigenvalue weighted by molar-refractivity contribution is 0.0539. The van der Waals surface area contributed by atoms with Gasteiger partial charge in [-0.25, -0.2) is 0 Å². The van der Waals surface area contributed by atoms with Crippen LogP contribution in [0.4, 0.5) is 0 Å². The van der Waals surface area contributed by atoms with Gasteiger partial charge in [-0.1, -0.05) is 32.4 Å². The van der Waals surface area contributed by atoms with E-state index in [1.165, 1.54) is 32.1 Å². The fraction of sp³-hybridized carbons (Fsp3) is 1.00. The predicted molar refractivity (Wildman–Crippen MR) is 103 cm³/mol. The molecule has 0 unspecified atom stereocenters. The van der Waals surface area contributed by atoms with Crippen molar-refractivity contribution in [2.24, 2.45) is 0 Å². The quantitative estimate of drug-likeness (QED) is 0.586. The average molecular weight is 362 g/mol. The first-order valence-corrected chi connectivity index (χ1v) is 14.3. The molecule has 1 rings (SSSR count). The van der Waals surface area contributed by atoms with Crippen LogP contribution < -0.4 is 0 Å². The second-order valence-electron chi connectivity index (χ2n) is 8.20. The monoisotopic (exact) mass is 361 g/mol. The molecule has 1 fully saturated rings. The molecule has 23 heavy (non-hydrogen) atoms. The first-order valence-electron chi connectivity index (χ1n) is 9.25. The van der Waals surface area contributed by atoms with Crippen LogP contribution in [0.25, 0.3) is 0 Å². The van der Waals surface area contributed by atoms with Gasteiger partial charge in [0.05, 0.1) is 8.80 Å². The topological polar surface area (TPSA) is 30.9 Å². The fourth-order valence-electron chi connectivity index (χ4n) is 3.49. The zero-order valence-corrected chi connectivity index (χ0v) is 18.6. The van der Waals surface area contributed by atoms with Crippen LogP contribution in [0.2, 0.25) is 19.1 Å². The summed E-state index contributed by atoms with van der Waals surface area (Å²) in [6.45, 7) is 12.6. The highest BCUT2D eigenvalue weighted by Crippen LogP contribution is 2.29. The van der Waals surface area contributed by atoms with Gasteiger partial charge in [-0.3, -0.25) is 4.90 Å². The van der Waals surface area contributed by atoms with Gasteiger partial charge in [0, 0.05) is 44.6 Å². The molecular formula is C17H39NO3Si2. The van der Waals surface area contributed by atoms with Crippen LogP contribution in [0.5, 0.6) is 0 Å². The highest BCUT2D eigenvalue weighted by molar-refractivity contribution is 6.63. The maximum absolute atomic E-state index is 6.17. The Balaban J connectivity index is 2.72. The van der Waals surface area contributed by atoms with Crippen molar-refractivity contribution in [1.82, 2.24) is 4.90 Å². The molecule has 0 heterocycles. The molecule has 4 nitrogen and oxygen atoms in total. The third-order valence-corrected chi connectivity index (χ3v) is 8.65. The van der Waals surface area contributed by atoms with E-state index < -0.39 is 17.6 Å². The fourth-order valence-corrected chi connectivity index (χ4v) is 7.31. The molecule has 0 spiro atoms. The maximum Gasteiger partial charge on any atom is 0.501 e. The van der Waals surface area contributed by atoms with Crippen LogP contribution in [-0.4, -0.2) is 61.1 Å². The normalized spacial score (nSPS) is 18.1. The van der Waals surface area contributed by atoms with Gasteiger partial charge in [0.25, 0.3) is 0 Å². The molecule has 1 aliphatic carbocycles. The first kappa shape index (κ1) is 21.3. The van der Waals surface area contributed by atoms with E-state index in [1.807, 2.05) is 0 Å². The summed E-state index contributed by atoms with van der Waals surface area (Å²) in [6, 6.07) is 1.58. The summed E-state index contributed by atoms with van der Waals surface area (Å²) >= 11 is 0. The van der Waals surface area contributed by atoms with Crippen molar-refractivity contribution in [1.29, 1.82) is 0 Å². The second kappa shape index (κ2) is 9.68. The molecule has 0 atom stereocenters. The smallest absolute Gasteiger partial charge is 0.377 e. The Hall–Kier alpha value is 0.274. The highest BCUT2D eigenvalue weighted by Gasteiger charge is 2.41. The van der Waals surface area contributed by atoms with Gasteiger partial charge < -0.3 is 13.3 Å². The standard InChI is InChI=1S/C17H39NO3Si2/c1-17(2,3)18(16-11-9-8-10-12-16)13-14-23(19-4,20-5)21-15-22(6)7/h16,22H,8-15H2,1-7H3. The number of nitrogens with zero attached hydrogens (tertiary/aromatic N) is 1. The maximum atomic E-state index is 6.17. The van der Waals surface area contributed by atoms with E-state index >= 15 is 0 Å². The molecule has 1 saturated carbocycles. The van der Waals surface area contributed by atoms with Gasteiger partial charge >= 0.3 is 8.80 Å². The molecule has 0 radical (unpaired) electrons. The Morgan fingerprint density at radius 1 is 1.04 bits per heavy atom. The van der Waals surface area contributed by atoms with Crippen molar-refractivity contribution in [2.75, 3.05) is 27.0 Å². The Kier molecular flexibility index (Phi) is 8.97. The third-order valence-electron chi connectivity index (χ3n) is 4.79. The number of hydrogen-bond acceptors (Lipinski definition) is 4. The first-order chi connectivity index (χ1) is 10.7. The van der Waals surface area contributed by atoms with Gasteiger partial charge in [-0.2, -0.15) is 0 Å². The number of rotatable bonds is 9. The molecule has 0 N–H and O–H groups in total. The molecule has 0 saturated heterocycles. The lowest BCUT2D eigenvalue weighted by Gasteiger charge is -2.44. The Morgan fingerprint density at radius 3 is 2.04 bits per heavy atom. The van der Waals surface area contributed by atoms with Crippen molar-refractivity contribution >= 4 is 17.6 Å². The molecule has 0 aliphatic heterocycles. The zero-order chi connectivity index (χ0) is 17.5. The minimum atomic E-state index is -2.52. The number of hydrogen-bond donors (Lipinski definition) is 0. The molecule has 1 aliphatic rings. The van der Waals surface area contributed by atoms with E-state index in [1.54, 1.807) is 14.2 Å². The molecular weight excluding hydrogens is 322 g/mol. The molecule has 0 aromatic rings. The van der Waals surface area contributed by atoms with Crippen LogP contribution >= 0.6 is 0 Å². The van der Waals surface area contributed by atoms with E-state index in [0.29, 0.717) is 6.04 Å². The minimum Gasteiger partial charge on any atom is -0.377 e. The van der Waals surface area contributed by atoms with Crippen molar-refractivity contribution in [3.05, 3.63) is 0 Å². The van der Waals surface area contributed by atoms with Gasteiger partial charge in [-0.15, -0.1) is 0 Å². The molecule has 0 aromatic heterocycles. The second-order valence-corrected chi connectivity index (χ2v) is 14.3. The van der Waals surface area contributed by atoms with E-state index in [0.717, 1.165) is 18.8 Å². The van der Waals surface area contributed by atoms with Crippen LogP contribution in [0, 0.1) is 0 Å². The van der Waals surface area contributed by atoms with Crippen molar-refractivity contribution < 1.29 is 13.3 Å². The van der Waals surface area contributed by atoms with Crippen molar-refractivity contribution in [3.63, 3.8) is 0 Å². The average Bonchev–Trinajstić information content (AvgIpc) is 2.50. The SMILES string of the molecule is CO[Si](CCN(C1CCCCC1)C(C)(C)C)(OC)OC[SiH](C)C. The van der Waals surface area contributed by atoms with Gasteiger partial charge in [0.1, 0.15) is 0 Å². The Morgan fingerprint density at radius 2 is 1.61 bits per heavy atom. The van der Waals surface area contributed by atoms with E-state index in [4.69, 9.17) is 13.3 Å². The summed E-state index contributed by atoms with van der Waals surface area (Å²) in [6.07, 6.45) is 7.61. The van der Waals surface area contributed by atoms with Gasteiger partial charge in [0.2, 0.25) is 0 Å². The van der Waals surface area contributed by atoms with Crippen molar-refractivity contribution in [2.45, 2.75) is 83.6 Å². The third kappa shape index (κ3) is 6.96.